The van der Waals surface area contributed by atoms with E-state index in [4.69, 9.17) is 32.7 Å². The molecular weight excluding hydrogens is 531 g/mol. The number of sulfonamides is 1. The predicted molar refractivity (Wildman–Crippen MR) is 135 cm³/mol. The Morgan fingerprint density at radius 3 is 2.25 bits per heavy atom. The molecular formula is C24H22Cl2N2O7S. The van der Waals surface area contributed by atoms with Gasteiger partial charge in [-0.15, -0.1) is 0 Å². The number of rotatable bonds is 10. The van der Waals surface area contributed by atoms with Gasteiger partial charge in [0.25, 0.3) is 5.91 Å². The van der Waals surface area contributed by atoms with Crippen LogP contribution < -0.4 is 14.8 Å². The average Bonchev–Trinajstić information content (AvgIpc) is 2.83. The summed E-state index contributed by atoms with van der Waals surface area (Å²) < 4.78 is 38.0. The van der Waals surface area contributed by atoms with E-state index in [-0.39, 0.29) is 10.6 Å². The standard InChI is InChI=1S/C24H22Cl2N2O7S/c1-15(29)23(28-36(32,33)19-10-7-16(25)8-11-19)24(31)34-14-22(30)27-20-13-17(26)9-12-21(20)35-18-5-3-2-4-6-18/h2-13,15,23,28-29H,14H2,1H3,(H,27,30)/t15-,23+/m1/s1. The summed E-state index contributed by atoms with van der Waals surface area (Å²) in [6, 6.07) is 17.0. The Morgan fingerprint density at radius 2 is 1.61 bits per heavy atom. The van der Waals surface area contributed by atoms with Crippen LogP contribution in [0.25, 0.3) is 0 Å². The van der Waals surface area contributed by atoms with Gasteiger partial charge in [-0.3, -0.25) is 9.59 Å². The van der Waals surface area contributed by atoms with Gasteiger partial charge in [-0.05, 0) is 61.5 Å². The Morgan fingerprint density at radius 1 is 0.972 bits per heavy atom. The molecule has 0 aliphatic heterocycles. The topological polar surface area (TPSA) is 131 Å². The maximum absolute atomic E-state index is 12.6. The summed E-state index contributed by atoms with van der Waals surface area (Å²) in [5.74, 6) is -1.07. The molecule has 12 heteroatoms. The lowest BCUT2D eigenvalue weighted by molar-refractivity contribution is -0.151. The van der Waals surface area contributed by atoms with Crippen molar-refractivity contribution in [1.82, 2.24) is 4.72 Å². The molecule has 0 unspecified atom stereocenters. The van der Waals surface area contributed by atoms with E-state index in [1.54, 1.807) is 36.4 Å². The summed E-state index contributed by atoms with van der Waals surface area (Å²) in [7, 11) is -4.19. The Labute approximate surface area is 218 Å². The third-order valence-electron chi connectivity index (χ3n) is 4.67. The van der Waals surface area contributed by atoms with Crippen LogP contribution in [0.1, 0.15) is 6.92 Å². The van der Waals surface area contributed by atoms with E-state index >= 15 is 0 Å². The first-order valence-electron chi connectivity index (χ1n) is 10.5. The summed E-state index contributed by atoms with van der Waals surface area (Å²) in [5.41, 5.74) is 0.225. The fraction of sp³-hybridized carbons (Fsp3) is 0.167. The normalized spacial score (nSPS) is 12.9. The number of hydrogen-bond donors (Lipinski definition) is 3. The van der Waals surface area contributed by atoms with E-state index in [2.05, 4.69) is 10.0 Å². The third kappa shape index (κ3) is 7.67. The van der Waals surface area contributed by atoms with Crippen molar-refractivity contribution in [2.24, 2.45) is 0 Å². The van der Waals surface area contributed by atoms with Crippen molar-refractivity contribution < 1.29 is 32.6 Å². The van der Waals surface area contributed by atoms with Gasteiger partial charge in [0.2, 0.25) is 10.0 Å². The molecule has 0 bridgehead atoms. The number of halogens is 2. The van der Waals surface area contributed by atoms with Crippen LogP contribution in [0.3, 0.4) is 0 Å². The van der Waals surface area contributed by atoms with E-state index in [9.17, 15) is 23.1 Å². The maximum Gasteiger partial charge on any atom is 0.327 e. The number of esters is 1. The number of carbonyl (C=O) groups excluding carboxylic acids is 2. The quantitative estimate of drug-likeness (QED) is 0.324. The van der Waals surface area contributed by atoms with E-state index < -0.39 is 40.7 Å². The number of amides is 1. The molecule has 3 rings (SSSR count). The molecule has 9 nitrogen and oxygen atoms in total. The highest BCUT2D eigenvalue weighted by molar-refractivity contribution is 7.89. The molecule has 3 N–H and O–H groups in total. The second-order valence-corrected chi connectivity index (χ2v) is 10.1. The van der Waals surface area contributed by atoms with E-state index in [0.29, 0.717) is 21.5 Å². The number of para-hydroxylation sites is 1. The van der Waals surface area contributed by atoms with Crippen molar-refractivity contribution in [3.8, 4) is 11.5 Å². The molecule has 0 aliphatic rings. The zero-order valence-corrected chi connectivity index (χ0v) is 21.2. The number of nitrogens with one attached hydrogen (secondary N) is 2. The molecule has 3 aromatic rings. The van der Waals surface area contributed by atoms with Gasteiger partial charge in [0, 0.05) is 10.0 Å². The highest BCUT2D eigenvalue weighted by atomic mass is 35.5. The monoisotopic (exact) mass is 552 g/mol. The summed E-state index contributed by atoms with van der Waals surface area (Å²) in [4.78, 5) is 24.8. The molecule has 2 atom stereocenters. The Bertz CT molecular complexity index is 1320. The molecule has 190 valence electrons. The van der Waals surface area contributed by atoms with Crippen molar-refractivity contribution in [1.29, 1.82) is 0 Å². The summed E-state index contributed by atoms with van der Waals surface area (Å²) in [5, 5.41) is 13.1. The Kier molecular flexibility index (Phi) is 9.30. The van der Waals surface area contributed by atoms with Gasteiger partial charge in [-0.2, -0.15) is 4.72 Å². The first-order valence-corrected chi connectivity index (χ1v) is 12.7. The fourth-order valence-corrected chi connectivity index (χ4v) is 4.47. The van der Waals surface area contributed by atoms with Crippen molar-refractivity contribution in [3.05, 3.63) is 82.8 Å². The zero-order chi connectivity index (χ0) is 26.3. The fourth-order valence-electron chi connectivity index (χ4n) is 2.91. The molecule has 0 saturated carbocycles. The van der Waals surface area contributed by atoms with E-state index in [0.717, 1.165) is 0 Å². The number of aliphatic hydroxyl groups is 1. The second-order valence-electron chi connectivity index (χ2n) is 7.50. The van der Waals surface area contributed by atoms with Crippen LogP contribution in [0.5, 0.6) is 11.5 Å². The Balaban J connectivity index is 1.64. The summed E-state index contributed by atoms with van der Waals surface area (Å²) in [6.45, 7) is 0.442. The number of carbonyl (C=O) groups is 2. The van der Waals surface area contributed by atoms with Gasteiger partial charge in [0.15, 0.2) is 12.4 Å². The van der Waals surface area contributed by atoms with Crippen LogP contribution >= 0.6 is 23.2 Å². The van der Waals surface area contributed by atoms with Crippen molar-refractivity contribution in [2.45, 2.75) is 24.0 Å². The Hall–Kier alpha value is -3.15. The minimum absolute atomic E-state index is 0.171. The van der Waals surface area contributed by atoms with Crippen LogP contribution in [0.4, 0.5) is 5.69 Å². The number of benzene rings is 3. The molecule has 0 aromatic heterocycles. The van der Waals surface area contributed by atoms with Crippen molar-refractivity contribution in [3.63, 3.8) is 0 Å². The van der Waals surface area contributed by atoms with Crippen molar-refractivity contribution >= 4 is 50.8 Å². The average molecular weight is 553 g/mol. The molecule has 0 spiro atoms. The predicted octanol–water partition coefficient (Wildman–Crippen LogP) is 4.00. The largest absolute Gasteiger partial charge is 0.455 e. The van der Waals surface area contributed by atoms with Crippen LogP contribution in [0.15, 0.2) is 77.7 Å². The molecule has 0 aliphatic carbocycles. The summed E-state index contributed by atoms with van der Waals surface area (Å²) in [6.07, 6.45) is -1.46. The van der Waals surface area contributed by atoms with Crippen LogP contribution in [0, 0.1) is 0 Å². The molecule has 0 heterocycles. The van der Waals surface area contributed by atoms with Gasteiger partial charge in [0.05, 0.1) is 16.7 Å². The SMILES string of the molecule is C[C@@H](O)[C@H](NS(=O)(=O)c1ccc(Cl)cc1)C(=O)OCC(=O)Nc1cc(Cl)ccc1Oc1ccccc1. The number of aliphatic hydroxyl groups excluding tert-OH is 1. The van der Waals surface area contributed by atoms with E-state index in [1.165, 1.54) is 37.3 Å². The van der Waals surface area contributed by atoms with Gasteiger partial charge in [-0.1, -0.05) is 41.4 Å². The van der Waals surface area contributed by atoms with Gasteiger partial charge >= 0.3 is 5.97 Å². The molecule has 0 fully saturated rings. The number of ether oxygens (including phenoxy) is 2. The first-order chi connectivity index (χ1) is 17.0. The highest BCUT2D eigenvalue weighted by Gasteiger charge is 2.31. The van der Waals surface area contributed by atoms with Gasteiger partial charge in [-0.25, -0.2) is 8.42 Å². The van der Waals surface area contributed by atoms with Gasteiger partial charge in [0.1, 0.15) is 11.8 Å². The second kappa shape index (κ2) is 12.2. The number of anilines is 1. The van der Waals surface area contributed by atoms with Crippen LogP contribution in [-0.4, -0.2) is 44.2 Å². The summed E-state index contributed by atoms with van der Waals surface area (Å²) >= 11 is 11.8. The third-order valence-corrected chi connectivity index (χ3v) is 6.62. The van der Waals surface area contributed by atoms with E-state index in [1.807, 2.05) is 6.07 Å². The minimum Gasteiger partial charge on any atom is -0.455 e. The van der Waals surface area contributed by atoms with Crippen LogP contribution in [0.2, 0.25) is 10.0 Å². The lowest BCUT2D eigenvalue weighted by Crippen LogP contribution is -2.48. The van der Waals surface area contributed by atoms with Crippen LogP contribution in [-0.2, 0) is 24.3 Å². The lowest BCUT2D eigenvalue weighted by Gasteiger charge is -2.20. The van der Waals surface area contributed by atoms with Gasteiger partial charge < -0.3 is 19.9 Å². The molecule has 3 aromatic carbocycles. The number of hydrogen-bond acceptors (Lipinski definition) is 7. The van der Waals surface area contributed by atoms with Crippen molar-refractivity contribution in [2.75, 3.05) is 11.9 Å². The smallest absolute Gasteiger partial charge is 0.327 e. The highest BCUT2D eigenvalue weighted by Crippen LogP contribution is 2.32. The molecule has 1 amide bonds. The maximum atomic E-state index is 12.6. The zero-order valence-electron chi connectivity index (χ0n) is 18.9. The first kappa shape index (κ1) is 27.4. The lowest BCUT2D eigenvalue weighted by atomic mass is 10.2. The molecule has 0 saturated heterocycles. The molecule has 36 heavy (non-hydrogen) atoms. The minimum atomic E-state index is -4.19. The molecule has 0 radical (unpaired) electrons.